The summed E-state index contributed by atoms with van der Waals surface area (Å²) in [6.45, 7) is 4.97. The summed E-state index contributed by atoms with van der Waals surface area (Å²) in [7, 11) is 3.83. The van der Waals surface area contributed by atoms with E-state index in [0.717, 1.165) is 56.1 Å². The number of ether oxygens (including phenoxy) is 1. The second kappa shape index (κ2) is 9.64. The molecule has 9 nitrogen and oxygen atoms in total. The van der Waals surface area contributed by atoms with E-state index >= 15 is 0 Å². The third-order valence-corrected chi connectivity index (χ3v) is 7.15. The molecular formula is C24H33N7O2. The van der Waals surface area contributed by atoms with Crippen LogP contribution in [0.3, 0.4) is 0 Å². The van der Waals surface area contributed by atoms with Gasteiger partial charge >= 0.3 is 0 Å². The summed E-state index contributed by atoms with van der Waals surface area (Å²) in [5.41, 5.74) is 9.58. The molecule has 0 bridgehead atoms. The number of carbonyl (C=O) groups is 1. The molecule has 3 fully saturated rings. The molecule has 9 heteroatoms. The van der Waals surface area contributed by atoms with Crippen LogP contribution >= 0.6 is 0 Å². The van der Waals surface area contributed by atoms with Gasteiger partial charge in [0.1, 0.15) is 11.8 Å². The van der Waals surface area contributed by atoms with E-state index in [0.29, 0.717) is 0 Å². The molecule has 1 aromatic heterocycles. The van der Waals surface area contributed by atoms with Crippen LogP contribution in [0.4, 0.5) is 11.4 Å². The van der Waals surface area contributed by atoms with Crippen LogP contribution < -0.4 is 31.1 Å². The first-order chi connectivity index (χ1) is 16.1. The average Bonchev–Trinajstić information content (AvgIpc) is 3.28. The Morgan fingerprint density at radius 1 is 1.12 bits per heavy atom. The molecule has 0 radical (unpaired) electrons. The van der Waals surface area contributed by atoms with Gasteiger partial charge in [0.25, 0.3) is 0 Å². The number of hydrogen-bond donors (Lipinski definition) is 4. The topological polar surface area (TPSA) is 93.8 Å². The van der Waals surface area contributed by atoms with Crippen LogP contribution in [0.2, 0.25) is 0 Å². The first kappa shape index (κ1) is 22.1. The van der Waals surface area contributed by atoms with Crippen molar-refractivity contribution in [3.05, 3.63) is 48.3 Å². The molecular weight excluding hydrogens is 418 g/mol. The smallest absolute Gasteiger partial charge is 0.243 e. The SMILES string of the molecule is COc1ccncc1C1CC2C(CN1)NNC2C(=O)Nc1ccc(N2CCN(C)CC2)cc1. The number of anilines is 2. The highest BCUT2D eigenvalue weighted by atomic mass is 16.5. The number of carbonyl (C=O) groups excluding carboxylic acids is 1. The maximum Gasteiger partial charge on any atom is 0.243 e. The number of methoxy groups -OCH3 is 1. The minimum Gasteiger partial charge on any atom is -0.496 e. The fourth-order valence-corrected chi connectivity index (χ4v) is 5.15. The number of hydrogen-bond acceptors (Lipinski definition) is 8. The zero-order valence-electron chi connectivity index (χ0n) is 19.3. The van der Waals surface area contributed by atoms with Crippen LogP contribution in [-0.2, 0) is 4.79 Å². The Morgan fingerprint density at radius 3 is 2.67 bits per heavy atom. The maximum absolute atomic E-state index is 13.2. The van der Waals surface area contributed by atoms with E-state index in [4.69, 9.17) is 4.74 Å². The van der Waals surface area contributed by atoms with Crippen LogP contribution in [0.1, 0.15) is 18.0 Å². The van der Waals surface area contributed by atoms with Crippen LogP contribution in [0.15, 0.2) is 42.7 Å². The van der Waals surface area contributed by atoms with Crippen molar-refractivity contribution in [3.63, 3.8) is 0 Å². The molecule has 0 aliphatic carbocycles. The number of amides is 1. The Balaban J connectivity index is 1.23. The van der Waals surface area contributed by atoms with Gasteiger partial charge < -0.3 is 25.2 Å². The number of pyridine rings is 1. The minimum absolute atomic E-state index is 0.0128. The molecule has 4 atom stereocenters. The van der Waals surface area contributed by atoms with E-state index in [1.165, 1.54) is 5.69 Å². The van der Waals surface area contributed by atoms with Gasteiger partial charge in [-0.2, -0.15) is 0 Å². The summed E-state index contributed by atoms with van der Waals surface area (Å²) in [5.74, 6) is 0.966. The molecule has 33 heavy (non-hydrogen) atoms. The lowest BCUT2D eigenvalue weighted by atomic mass is 9.82. The van der Waals surface area contributed by atoms with Gasteiger partial charge in [-0.15, -0.1) is 0 Å². The molecule has 1 aromatic carbocycles. The molecule has 0 spiro atoms. The molecule has 4 unspecified atom stereocenters. The first-order valence-electron chi connectivity index (χ1n) is 11.7. The molecule has 1 amide bonds. The molecule has 2 aromatic rings. The lowest BCUT2D eigenvalue weighted by molar-refractivity contribution is -0.119. The molecule has 4 heterocycles. The van der Waals surface area contributed by atoms with E-state index in [-0.39, 0.29) is 30.0 Å². The molecule has 3 saturated heterocycles. The number of nitrogens with zero attached hydrogens (tertiary/aromatic N) is 3. The Hall–Kier alpha value is -2.72. The number of aromatic nitrogens is 1. The Bertz CT molecular complexity index is 962. The van der Waals surface area contributed by atoms with Crippen molar-refractivity contribution in [1.29, 1.82) is 0 Å². The number of piperazine rings is 1. The lowest BCUT2D eigenvalue weighted by Crippen LogP contribution is -2.47. The molecule has 5 rings (SSSR count). The number of benzene rings is 1. The quantitative estimate of drug-likeness (QED) is 0.535. The fourth-order valence-electron chi connectivity index (χ4n) is 5.15. The van der Waals surface area contributed by atoms with Crippen molar-refractivity contribution in [2.24, 2.45) is 5.92 Å². The van der Waals surface area contributed by atoms with Gasteiger partial charge in [0, 0.05) is 80.1 Å². The van der Waals surface area contributed by atoms with E-state index in [1.54, 1.807) is 13.3 Å². The lowest BCUT2D eigenvalue weighted by Gasteiger charge is -2.34. The highest BCUT2D eigenvalue weighted by molar-refractivity contribution is 5.95. The normalized spacial score (nSPS) is 27.8. The third-order valence-electron chi connectivity index (χ3n) is 7.15. The van der Waals surface area contributed by atoms with Crippen molar-refractivity contribution < 1.29 is 9.53 Å². The highest BCUT2D eigenvalue weighted by Gasteiger charge is 2.44. The molecule has 0 saturated carbocycles. The van der Waals surface area contributed by atoms with Crippen molar-refractivity contribution >= 4 is 17.3 Å². The Morgan fingerprint density at radius 2 is 1.91 bits per heavy atom. The second-order valence-electron chi connectivity index (χ2n) is 9.18. The van der Waals surface area contributed by atoms with Gasteiger partial charge in [-0.1, -0.05) is 0 Å². The predicted octanol–water partition coefficient (Wildman–Crippen LogP) is 0.976. The summed E-state index contributed by atoms with van der Waals surface area (Å²) in [5, 5.41) is 6.67. The van der Waals surface area contributed by atoms with Crippen molar-refractivity contribution in [3.8, 4) is 5.75 Å². The number of likely N-dealkylation sites (N-methyl/N-ethyl adjacent to an activating group) is 1. The minimum atomic E-state index is -0.306. The van der Waals surface area contributed by atoms with Crippen LogP contribution in [0, 0.1) is 5.92 Å². The van der Waals surface area contributed by atoms with Crippen LogP contribution in [-0.4, -0.2) is 74.8 Å². The van der Waals surface area contributed by atoms with Crippen LogP contribution in [0.25, 0.3) is 0 Å². The number of rotatable bonds is 5. The summed E-state index contributed by atoms with van der Waals surface area (Å²) in [6.07, 6.45) is 4.40. The number of piperidine rings is 1. The largest absolute Gasteiger partial charge is 0.496 e. The van der Waals surface area contributed by atoms with Crippen molar-refractivity contribution in [2.75, 3.05) is 57.1 Å². The van der Waals surface area contributed by atoms with E-state index in [1.807, 2.05) is 24.4 Å². The summed E-state index contributed by atoms with van der Waals surface area (Å²) < 4.78 is 5.53. The van der Waals surface area contributed by atoms with E-state index in [9.17, 15) is 4.79 Å². The second-order valence-corrected chi connectivity index (χ2v) is 9.18. The first-order valence-corrected chi connectivity index (χ1v) is 11.7. The Labute approximate surface area is 194 Å². The maximum atomic E-state index is 13.2. The standard InChI is InChI=1S/C24H33N7O2/c1-30-9-11-31(12-10-30)17-5-3-16(4-6-17)27-24(32)23-18-13-20(26-15-21(18)28-29-23)19-14-25-8-7-22(19)33-2/h3-8,14,18,20-21,23,26,28-29H,9-13,15H2,1-2H3,(H,27,32). The van der Waals surface area contributed by atoms with Gasteiger partial charge in [0.2, 0.25) is 5.91 Å². The van der Waals surface area contributed by atoms with E-state index < -0.39 is 0 Å². The van der Waals surface area contributed by atoms with Gasteiger partial charge in [-0.3, -0.25) is 15.2 Å². The van der Waals surface area contributed by atoms with Gasteiger partial charge in [0.05, 0.1) is 7.11 Å². The van der Waals surface area contributed by atoms with Gasteiger partial charge in [-0.05, 0) is 43.8 Å². The number of nitrogens with one attached hydrogen (secondary N) is 4. The number of hydrazine groups is 1. The Kier molecular flexibility index (Phi) is 6.45. The fraction of sp³-hybridized carbons (Fsp3) is 0.500. The van der Waals surface area contributed by atoms with Crippen molar-refractivity contribution in [1.82, 2.24) is 26.1 Å². The summed E-state index contributed by atoms with van der Waals surface area (Å²) in [6, 6.07) is 10.0. The number of fused-ring (bicyclic) bond motifs is 1. The average molecular weight is 452 g/mol. The zero-order valence-corrected chi connectivity index (χ0v) is 19.3. The summed E-state index contributed by atoms with van der Waals surface area (Å²) >= 11 is 0. The third kappa shape index (κ3) is 4.67. The van der Waals surface area contributed by atoms with Crippen molar-refractivity contribution in [2.45, 2.75) is 24.5 Å². The summed E-state index contributed by atoms with van der Waals surface area (Å²) in [4.78, 5) is 22.2. The zero-order chi connectivity index (χ0) is 22.8. The van der Waals surface area contributed by atoms with E-state index in [2.05, 4.69) is 55.4 Å². The molecule has 3 aliphatic rings. The highest BCUT2D eigenvalue weighted by Crippen LogP contribution is 2.35. The van der Waals surface area contributed by atoms with Crippen LogP contribution in [0.5, 0.6) is 5.75 Å². The molecule has 176 valence electrons. The predicted molar refractivity (Wildman–Crippen MR) is 128 cm³/mol. The monoisotopic (exact) mass is 451 g/mol. The van der Waals surface area contributed by atoms with Gasteiger partial charge in [0.15, 0.2) is 0 Å². The molecule has 4 N–H and O–H groups in total. The van der Waals surface area contributed by atoms with Gasteiger partial charge in [-0.25, -0.2) is 5.43 Å². The molecule has 3 aliphatic heterocycles.